The number of anilines is 1. The van der Waals surface area contributed by atoms with Crippen LogP contribution in [0.25, 0.3) is 0 Å². The molecule has 0 aliphatic heterocycles. The molecule has 0 aliphatic carbocycles. The lowest BCUT2D eigenvalue weighted by molar-refractivity contribution is 0.409. The molecule has 0 atom stereocenters. The minimum absolute atomic E-state index is 0.217. The van der Waals surface area contributed by atoms with Crippen molar-refractivity contribution in [2.24, 2.45) is 4.99 Å². The molecule has 0 spiro atoms. The van der Waals surface area contributed by atoms with E-state index in [4.69, 9.17) is 4.99 Å². The van der Waals surface area contributed by atoms with Crippen molar-refractivity contribution >= 4 is 11.5 Å². The van der Waals surface area contributed by atoms with Gasteiger partial charge in [0.1, 0.15) is 0 Å². The number of para-hydroxylation sites is 1. The Labute approximate surface area is 152 Å². The molecule has 2 rings (SSSR count). The van der Waals surface area contributed by atoms with Crippen LogP contribution < -0.4 is 5.43 Å². The van der Waals surface area contributed by atoms with Crippen LogP contribution in [0.15, 0.2) is 47.5 Å². The van der Waals surface area contributed by atoms with Crippen molar-refractivity contribution in [2.45, 2.75) is 60.5 Å². The predicted molar refractivity (Wildman–Crippen MR) is 109 cm³/mol. The van der Waals surface area contributed by atoms with Crippen LogP contribution in [0.2, 0.25) is 0 Å². The molecule has 134 valence electrons. The molecule has 0 amide bonds. The summed E-state index contributed by atoms with van der Waals surface area (Å²) in [5.41, 5.74) is 9.65. The smallest absolute Gasteiger partial charge is 0.150 e. The number of nitrogens with one attached hydrogen (secondary N) is 1. The molecular weight excluding hydrogens is 306 g/mol. The summed E-state index contributed by atoms with van der Waals surface area (Å²) < 4.78 is 0. The zero-order chi connectivity index (χ0) is 18.6. The van der Waals surface area contributed by atoms with Crippen molar-refractivity contribution < 1.29 is 0 Å². The molecular formula is C22H31N3. The first-order valence-electron chi connectivity index (χ1n) is 9.06. The van der Waals surface area contributed by atoms with Gasteiger partial charge in [-0.15, -0.1) is 0 Å². The molecule has 0 saturated carbocycles. The number of rotatable bonds is 5. The van der Waals surface area contributed by atoms with Gasteiger partial charge in [-0.3, -0.25) is 15.4 Å². The van der Waals surface area contributed by atoms with Crippen LogP contribution >= 0.6 is 0 Å². The summed E-state index contributed by atoms with van der Waals surface area (Å²) in [5.74, 6) is 1.00. The van der Waals surface area contributed by atoms with Crippen molar-refractivity contribution in [3.05, 3.63) is 64.7 Å². The third kappa shape index (κ3) is 4.85. The van der Waals surface area contributed by atoms with E-state index in [2.05, 4.69) is 83.2 Å². The minimum Gasteiger partial charge on any atom is -0.297 e. The first-order chi connectivity index (χ1) is 11.8. The maximum Gasteiger partial charge on any atom is 0.150 e. The summed E-state index contributed by atoms with van der Waals surface area (Å²) in [7, 11) is 0. The van der Waals surface area contributed by atoms with E-state index in [1.165, 1.54) is 22.3 Å². The SMILES string of the molecule is Cc1cc(C)c(C(=NC(C)C)N(Nc2ccccc2)C(C)C)c(C)c1. The topological polar surface area (TPSA) is 27.6 Å². The number of nitrogens with zero attached hydrogens (tertiary/aromatic N) is 2. The molecule has 0 aromatic heterocycles. The normalized spacial score (nSPS) is 12.0. The molecule has 3 nitrogen and oxygen atoms in total. The molecule has 0 fully saturated rings. The second-order valence-electron chi connectivity index (χ2n) is 7.26. The van der Waals surface area contributed by atoms with Crippen molar-refractivity contribution in [3.8, 4) is 0 Å². The zero-order valence-electron chi connectivity index (χ0n) is 16.6. The molecule has 3 heteroatoms. The first-order valence-corrected chi connectivity index (χ1v) is 9.06. The lowest BCUT2D eigenvalue weighted by Crippen LogP contribution is -2.43. The average Bonchev–Trinajstić information content (AvgIpc) is 2.51. The molecule has 0 heterocycles. The third-order valence-corrected chi connectivity index (χ3v) is 4.05. The summed E-state index contributed by atoms with van der Waals surface area (Å²) in [6.07, 6.45) is 0. The van der Waals surface area contributed by atoms with Gasteiger partial charge in [-0.05, 0) is 71.7 Å². The standard InChI is InChI=1S/C22H31N3/c1-15(2)23-22(21-18(6)13-17(5)14-19(21)7)25(16(3)4)24-20-11-9-8-10-12-20/h8-16,24H,1-7H3. The van der Waals surface area contributed by atoms with Crippen LogP contribution in [-0.4, -0.2) is 22.9 Å². The molecule has 0 bridgehead atoms. The fourth-order valence-electron chi connectivity index (χ4n) is 3.10. The molecule has 0 aliphatic rings. The summed E-state index contributed by atoms with van der Waals surface area (Å²) in [6.45, 7) is 15.1. The van der Waals surface area contributed by atoms with E-state index in [0.29, 0.717) is 0 Å². The van der Waals surface area contributed by atoms with Gasteiger partial charge in [-0.1, -0.05) is 35.9 Å². The van der Waals surface area contributed by atoms with Crippen molar-refractivity contribution in [1.29, 1.82) is 0 Å². The van der Waals surface area contributed by atoms with Crippen LogP contribution in [0.3, 0.4) is 0 Å². The van der Waals surface area contributed by atoms with E-state index >= 15 is 0 Å². The van der Waals surface area contributed by atoms with Crippen molar-refractivity contribution in [3.63, 3.8) is 0 Å². The molecule has 1 N–H and O–H groups in total. The lowest BCUT2D eigenvalue weighted by Gasteiger charge is -2.33. The molecule has 2 aromatic rings. The van der Waals surface area contributed by atoms with Crippen molar-refractivity contribution in [1.82, 2.24) is 5.01 Å². The minimum atomic E-state index is 0.217. The van der Waals surface area contributed by atoms with Gasteiger partial charge in [0.15, 0.2) is 5.84 Å². The predicted octanol–water partition coefficient (Wildman–Crippen LogP) is 5.50. The van der Waals surface area contributed by atoms with Crippen LogP contribution in [0.1, 0.15) is 49.9 Å². The maximum absolute atomic E-state index is 5.00. The third-order valence-electron chi connectivity index (χ3n) is 4.05. The Hall–Kier alpha value is -2.29. The van der Waals surface area contributed by atoms with Crippen LogP contribution in [0, 0.1) is 20.8 Å². The molecule has 2 aromatic carbocycles. The Kier molecular flexibility index (Phi) is 6.24. The van der Waals surface area contributed by atoms with Crippen LogP contribution in [0.5, 0.6) is 0 Å². The Morgan fingerprint density at radius 1 is 0.920 bits per heavy atom. The molecule has 25 heavy (non-hydrogen) atoms. The number of hydrogen-bond donors (Lipinski definition) is 1. The fourth-order valence-corrected chi connectivity index (χ4v) is 3.10. The highest BCUT2D eigenvalue weighted by Gasteiger charge is 2.21. The average molecular weight is 338 g/mol. The maximum atomic E-state index is 5.00. The van der Waals surface area contributed by atoms with Gasteiger partial charge in [0.25, 0.3) is 0 Å². The van der Waals surface area contributed by atoms with Crippen LogP contribution in [-0.2, 0) is 0 Å². The second kappa shape index (κ2) is 8.19. The fraction of sp³-hybridized carbons (Fsp3) is 0.409. The molecule has 0 unspecified atom stereocenters. The summed E-state index contributed by atoms with van der Waals surface area (Å²) in [4.78, 5) is 5.00. The van der Waals surface area contributed by atoms with E-state index in [1.807, 2.05) is 18.2 Å². The molecule has 0 radical (unpaired) electrons. The highest BCUT2D eigenvalue weighted by atomic mass is 15.5. The lowest BCUT2D eigenvalue weighted by atomic mass is 9.98. The number of benzene rings is 2. The number of hydrogen-bond acceptors (Lipinski definition) is 2. The van der Waals surface area contributed by atoms with E-state index in [0.717, 1.165) is 11.5 Å². The van der Waals surface area contributed by atoms with Gasteiger partial charge < -0.3 is 0 Å². The zero-order valence-corrected chi connectivity index (χ0v) is 16.6. The summed E-state index contributed by atoms with van der Waals surface area (Å²) >= 11 is 0. The largest absolute Gasteiger partial charge is 0.297 e. The highest BCUT2D eigenvalue weighted by Crippen LogP contribution is 2.22. The first kappa shape index (κ1) is 19.0. The van der Waals surface area contributed by atoms with E-state index in [9.17, 15) is 0 Å². The highest BCUT2D eigenvalue weighted by molar-refractivity contribution is 6.02. The number of amidine groups is 1. The Balaban J connectivity index is 2.55. The summed E-state index contributed by atoms with van der Waals surface area (Å²) in [5, 5.41) is 2.18. The van der Waals surface area contributed by atoms with Gasteiger partial charge in [0, 0.05) is 17.6 Å². The van der Waals surface area contributed by atoms with E-state index in [1.54, 1.807) is 0 Å². The van der Waals surface area contributed by atoms with Gasteiger partial charge in [-0.2, -0.15) is 0 Å². The Morgan fingerprint density at radius 2 is 1.48 bits per heavy atom. The van der Waals surface area contributed by atoms with E-state index in [-0.39, 0.29) is 12.1 Å². The quantitative estimate of drug-likeness (QED) is 0.443. The number of hydrazine groups is 1. The van der Waals surface area contributed by atoms with E-state index < -0.39 is 0 Å². The number of aliphatic imine (C=N–C) groups is 1. The van der Waals surface area contributed by atoms with Gasteiger partial charge in [-0.25, -0.2) is 0 Å². The molecule has 0 saturated heterocycles. The van der Waals surface area contributed by atoms with Gasteiger partial charge in [0.2, 0.25) is 0 Å². The second-order valence-corrected chi connectivity index (χ2v) is 7.26. The van der Waals surface area contributed by atoms with Crippen LogP contribution in [0.4, 0.5) is 5.69 Å². The monoisotopic (exact) mass is 337 g/mol. The Bertz CT molecular complexity index is 707. The summed E-state index contributed by atoms with van der Waals surface area (Å²) in [6, 6.07) is 15.2. The van der Waals surface area contributed by atoms with Gasteiger partial charge in [0.05, 0.1) is 5.69 Å². The van der Waals surface area contributed by atoms with Crippen molar-refractivity contribution in [2.75, 3.05) is 5.43 Å². The Morgan fingerprint density at radius 3 is 1.96 bits per heavy atom. The number of aryl methyl sites for hydroxylation is 3. The van der Waals surface area contributed by atoms with Gasteiger partial charge >= 0.3 is 0 Å².